The molecular weight excluding hydrogens is 470 g/mol. The molecule has 7 nitrogen and oxygen atoms in total. The first-order valence-corrected chi connectivity index (χ1v) is 11.2. The summed E-state index contributed by atoms with van der Waals surface area (Å²) in [5.41, 5.74) is 5.01. The number of nitrogens with one attached hydrogen (secondary N) is 2. The zero-order valence-corrected chi connectivity index (χ0v) is 18.7. The summed E-state index contributed by atoms with van der Waals surface area (Å²) in [6, 6.07) is 20.4. The summed E-state index contributed by atoms with van der Waals surface area (Å²) in [6.45, 7) is 1.76. The minimum absolute atomic E-state index is 0.0623. The molecule has 1 saturated heterocycles. The van der Waals surface area contributed by atoms with E-state index in [1.165, 1.54) is 0 Å². The maximum absolute atomic E-state index is 5.74. The number of anilines is 1. The first-order chi connectivity index (χ1) is 15.7. The van der Waals surface area contributed by atoms with Crippen molar-refractivity contribution < 1.29 is 9.47 Å². The second-order valence-electron chi connectivity index (χ2n) is 7.69. The van der Waals surface area contributed by atoms with E-state index in [2.05, 4.69) is 78.6 Å². The molecule has 6 rings (SSSR count). The Morgan fingerprint density at radius 1 is 0.969 bits per heavy atom. The fourth-order valence-electron chi connectivity index (χ4n) is 4.17. The van der Waals surface area contributed by atoms with Gasteiger partial charge in [0.1, 0.15) is 25.1 Å². The van der Waals surface area contributed by atoms with Gasteiger partial charge in [0.2, 0.25) is 0 Å². The lowest BCUT2D eigenvalue weighted by molar-refractivity contribution is 0.171. The van der Waals surface area contributed by atoms with E-state index >= 15 is 0 Å². The number of benzene rings is 3. The lowest BCUT2D eigenvalue weighted by atomic mass is 10.0. The molecule has 2 N–H and O–H groups in total. The Morgan fingerprint density at radius 3 is 2.69 bits per heavy atom. The molecule has 160 valence electrons. The molecule has 0 saturated carbocycles. The van der Waals surface area contributed by atoms with Gasteiger partial charge in [-0.05, 0) is 48.0 Å². The second kappa shape index (κ2) is 7.87. The molecule has 2 aliphatic rings. The SMILES string of the molecule is Brc1ccc(C2/C(=N\c3ccc4c(c3)OCCO4)NCN2c2ccc3[nH]cnc3c2)cc1. The number of H-pyrrole nitrogens is 1. The first-order valence-electron chi connectivity index (χ1n) is 10.4. The Kier molecular flexibility index (Phi) is 4.72. The number of rotatable bonds is 3. The molecule has 3 aromatic carbocycles. The maximum atomic E-state index is 5.74. The molecule has 0 aliphatic carbocycles. The summed E-state index contributed by atoms with van der Waals surface area (Å²) in [6.07, 6.45) is 1.72. The third kappa shape index (κ3) is 3.46. The van der Waals surface area contributed by atoms with Crippen LogP contribution in [0.2, 0.25) is 0 Å². The number of halogens is 1. The van der Waals surface area contributed by atoms with E-state index in [0.29, 0.717) is 19.9 Å². The number of aromatic nitrogens is 2. The van der Waals surface area contributed by atoms with Crippen molar-refractivity contribution in [2.45, 2.75) is 6.04 Å². The Balaban J connectivity index is 1.41. The van der Waals surface area contributed by atoms with Gasteiger partial charge in [-0.2, -0.15) is 0 Å². The van der Waals surface area contributed by atoms with Crippen LogP contribution in [0.25, 0.3) is 11.0 Å². The number of nitrogens with zero attached hydrogens (tertiary/aromatic N) is 3. The zero-order chi connectivity index (χ0) is 21.5. The average molecular weight is 490 g/mol. The molecule has 8 heteroatoms. The molecule has 2 aliphatic heterocycles. The van der Waals surface area contributed by atoms with Crippen molar-refractivity contribution in [2.24, 2.45) is 4.99 Å². The van der Waals surface area contributed by atoms with Gasteiger partial charge >= 0.3 is 0 Å². The molecule has 4 aromatic rings. The quantitative estimate of drug-likeness (QED) is 0.426. The molecule has 0 radical (unpaired) electrons. The number of fused-ring (bicyclic) bond motifs is 2. The minimum Gasteiger partial charge on any atom is -0.486 e. The van der Waals surface area contributed by atoms with Crippen molar-refractivity contribution in [1.82, 2.24) is 15.3 Å². The van der Waals surface area contributed by atoms with Crippen LogP contribution in [0.5, 0.6) is 11.5 Å². The van der Waals surface area contributed by atoms with Gasteiger partial charge in [-0.15, -0.1) is 0 Å². The van der Waals surface area contributed by atoms with Gasteiger partial charge in [0.15, 0.2) is 11.5 Å². The molecule has 0 bridgehead atoms. The highest BCUT2D eigenvalue weighted by Crippen LogP contribution is 2.37. The Morgan fingerprint density at radius 2 is 1.81 bits per heavy atom. The fraction of sp³-hybridized carbons (Fsp3) is 0.167. The van der Waals surface area contributed by atoms with E-state index in [4.69, 9.17) is 14.5 Å². The zero-order valence-electron chi connectivity index (χ0n) is 17.1. The number of hydrogen-bond acceptors (Lipinski definition) is 5. The van der Waals surface area contributed by atoms with Gasteiger partial charge in [-0.3, -0.25) is 0 Å². The Labute approximate surface area is 193 Å². The first kappa shape index (κ1) is 19.2. The van der Waals surface area contributed by atoms with Crippen LogP contribution in [0.15, 0.2) is 76.5 Å². The van der Waals surface area contributed by atoms with E-state index in [1.54, 1.807) is 6.33 Å². The van der Waals surface area contributed by atoms with Crippen LogP contribution in [0.3, 0.4) is 0 Å². The largest absolute Gasteiger partial charge is 0.486 e. The van der Waals surface area contributed by atoms with Crippen LogP contribution in [0.1, 0.15) is 11.6 Å². The molecule has 3 heterocycles. The number of ether oxygens (including phenoxy) is 2. The van der Waals surface area contributed by atoms with Gasteiger partial charge in [-0.1, -0.05) is 28.1 Å². The summed E-state index contributed by atoms with van der Waals surface area (Å²) in [4.78, 5) is 14.8. The normalized spacial score (nSPS) is 18.8. The monoisotopic (exact) mass is 489 g/mol. The van der Waals surface area contributed by atoms with E-state index < -0.39 is 0 Å². The number of amidine groups is 1. The summed E-state index contributed by atoms with van der Waals surface area (Å²) >= 11 is 3.54. The van der Waals surface area contributed by atoms with Gasteiger partial charge in [0.25, 0.3) is 0 Å². The highest BCUT2D eigenvalue weighted by atomic mass is 79.9. The van der Waals surface area contributed by atoms with Crippen molar-refractivity contribution in [1.29, 1.82) is 0 Å². The smallest absolute Gasteiger partial charge is 0.163 e. The predicted octanol–water partition coefficient (Wildman–Crippen LogP) is 4.94. The number of aromatic amines is 1. The number of hydrogen-bond donors (Lipinski definition) is 2. The van der Waals surface area contributed by atoms with Gasteiger partial charge in [0, 0.05) is 16.2 Å². The summed E-state index contributed by atoms with van der Waals surface area (Å²) in [7, 11) is 0. The molecule has 0 amide bonds. The molecule has 1 aromatic heterocycles. The van der Waals surface area contributed by atoms with Crippen LogP contribution in [0.4, 0.5) is 11.4 Å². The summed E-state index contributed by atoms with van der Waals surface area (Å²) < 4.78 is 12.4. The van der Waals surface area contributed by atoms with Crippen molar-refractivity contribution >= 4 is 44.2 Å². The van der Waals surface area contributed by atoms with Crippen molar-refractivity contribution in [2.75, 3.05) is 24.8 Å². The van der Waals surface area contributed by atoms with E-state index in [-0.39, 0.29) is 6.04 Å². The minimum atomic E-state index is -0.0623. The number of aliphatic imine (C=N–C) groups is 1. The molecule has 0 spiro atoms. The van der Waals surface area contributed by atoms with Gasteiger partial charge < -0.3 is 24.7 Å². The standard InChI is InChI=1S/C24H20BrN5O2/c25-16-3-1-15(2-4-16)23-24(29-17-5-8-21-22(11-17)32-10-9-31-21)28-14-30(23)18-6-7-19-20(12-18)27-13-26-19/h1-8,11-13,23H,9-10,14H2,(H,26,27)(H,28,29). The summed E-state index contributed by atoms with van der Waals surface area (Å²) in [5.74, 6) is 2.38. The molecule has 32 heavy (non-hydrogen) atoms. The van der Waals surface area contributed by atoms with E-state index in [9.17, 15) is 0 Å². The van der Waals surface area contributed by atoms with E-state index in [1.807, 2.05) is 18.2 Å². The highest BCUT2D eigenvalue weighted by Gasteiger charge is 2.32. The molecular formula is C24H20BrN5O2. The van der Waals surface area contributed by atoms with Crippen LogP contribution >= 0.6 is 15.9 Å². The van der Waals surface area contributed by atoms with Crippen molar-refractivity contribution in [3.05, 3.63) is 77.0 Å². The average Bonchev–Trinajstić information content (AvgIpc) is 3.46. The number of imidazole rings is 1. The van der Waals surface area contributed by atoms with Crippen LogP contribution in [-0.4, -0.2) is 35.7 Å². The van der Waals surface area contributed by atoms with Crippen LogP contribution in [-0.2, 0) is 0 Å². The lowest BCUT2D eigenvalue weighted by Crippen LogP contribution is -2.25. The van der Waals surface area contributed by atoms with Crippen molar-refractivity contribution in [3.8, 4) is 11.5 Å². The topological polar surface area (TPSA) is 74.8 Å². The van der Waals surface area contributed by atoms with Crippen molar-refractivity contribution in [3.63, 3.8) is 0 Å². The predicted molar refractivity (Wildman–Crippen MR) is 128 cm³/mol. The Hall–Kier alpha value is -3.52. The highest BCUT2D eigenvalue weighted by molar-refractivity contribution is 9.10. The molecule has 1 fully saturated rings. The second-order valence-corrected chi connectivity index (χ2v) is 8.60. The van der Waals surface area contributed by atoms with Gasteiger partial charge in [0.05, 0.1) is 29.7 Å². The molecule has 1 unspecified atom stereocenters. The fourth-order valence-corrected chi connectivity index (χ4v) is 4.43. The van der Waals surface area contributed by atoms with Crippen LogP contribution in [0, 0.1) is 0 Å². The molecule has 1 atom stereocenters. The third-order valence-electron chi connectivity index (χ3n) is 5.70. The van der Waals surface area contributed by atoms with E-state index in [0.717, 1.165) is 49.8 Å². The lowest BCUT2D eigenvalue weighted by Gasteiger charge is -2.25. The van der Waals surface area contributed by atoms with Crippen LogP contribution < -0.4 is 19.7 Å². The van der Waals surface area contributed by atoms with Gasteiger partial charge in [-0.25, -0.2) is 9.98 Å². The maximum Gasteiger partial charge on any atom is 0.163 e. The Bertz CT molecular complexity index is 1320. The summed E-state index contributed by atoms with van der Waals surface area (Å²) in [5, 5.41) is 3.50. The third-order valence-corrected chi connectivity index (χ3v) is 6.23.